The third-order valence-corrected chi connectivity index (χ3v) is 4.69. The van der Waals surface area contributed by atoms with Gasteiger partial charge in [0.1, 0.15) is 5.75 Å². The molecule has 0 saturated carbocycles. The van der Waals surface area contributed by atoms with Gasteiger partial charge < -0.3 is 15.0 Å². The first kappa shape index (κ1) is 18.9. The van der Waals surface area contributed by atoms with Crippen molar-refractivity contribution in [3.8, 4) is 5.75 Å². The van der Waals surface area contributed by atoms with Crippen LogP contribution in [0.2, 0.25) is 0 Å². The summed E-state index contributed by atoms with van der Waals surface area (Å²) < 4.78 is 44.3. The molecule has 134 valence electrons. The summed E-state index contributed by atoms with van der Waals surface area (Å²) >= 11 is 0. The second-order valence-electron chi connectivity index (χ2n) is 6.06. The van der Waals surface area contributed by atoms with Crippen LogP contribution in [0, 0.1) is 11.8 Å². The van der Waals surface area contributed by atoms with Crippen LogP contribution in [-0.2, 0) is 17.8 Å². The van der Waals surface area contributed by atoms with E-state index in [-0.39, 0.29) is 25.5 Å². The number of carbonyl (C=O) groups excluding carboxylic acids is 1. The van der Waals surface area contributed by atoms with Crippen LogP contribution in [0.4, 0.5) is 13.2 Å². The number of carbonyl (C=O) groups is 1. The van der Waals surface area contributed by atoms with Gasteiger partial charge in [0.05, 0.1) is 18.9 Å². The lowest BCUT2D eigenvalue weighted by Gasteiger charge is -2.32. The number of ether oxygens (including phenoxy) is 1. The summed E-state index contributed by atoms with van der Waals surface area (Å²) in [6.07, 6.45) is -3.69. The van der Waals surface area contributed by atoms with E-state index in [1.807, 2.05) is 18.2 Å². The number of fused-ring (bicyclic) bond motifs is 1. The number of hydrogen-bond acceptors (Lipinski definition) is 3. The van der Waals surface area contributed by atoms with Crippen molar-refractivity contribution in [1.82, 2.24) is 10.2 Å². The minimum atomic E-state index is -4.35. The molecular weight excluding hydrogens is 345 g/mol. The van der Waals surface area contributed by atoms with E-state index in [1.165, 1.54) is 4.90 Å². The highest BCUT2D eigenvalue weighted by Gasteiger charge is 2.50. The van der Waals surface area contributed by atoms with Gasteiger partial charge in [0.25, 0.3) is 0 Å². The molecule has 8 heteroatoms. The lowest BCUT2D eigenvalue weighted by atomic mass is 9.92. The van der Waals surface area contributed by atoms with E-state index in [2.05, 4.69) is 5.32 Å². The van der Waals surface area contributed by atoms with Gasteiger partial charge in [0, 0.05) is 26.2 Å². The maximum atomic E-state index is 13.0. The Kier molecular flexibility index (Phi) is 5.65. The molecule has 0 radical (unpaired) electrons. The van der Waals surface area contributed by atoms with Gasteiger partial charge in [-0.1, -0.05) is 6.07 Å². The molecule has 2 atom stereocenters. The lowest BCUT2D eigenvalue weighted by molar-refractivity contribution is -0.185. The molecule has 2 aliphatic heterocycles. The molecule has 1 amide bonds. The van der Waals surface area contributed by atoms with Gasteiger partial charge in [-0.05, 0) is 29.7 Å². The van der Waals surface area contributed by atoms with Crippen LogP contribution in [0.3, 0.4) is 0 Å². The fraction of sp³-hybridized carbons (Fsp3) is 0.562. The van der Waals surface area contributed by atoms with Crippen LogP contribution in [0.15, 0.2) is 18.2 Å². The number of halogens is 4. The maximum absolute atomic E-state index is 13.0. The summed E-state index contributed by atoms with van der Waals surface area (Å²) in [6, 6.07) is 5.66. The predicted octanol–water partition coefficient (Wildman–Crippen LogP) is 2.40. The van der Waals surface area contributed by atoms with Crippen LogP contribution in [-0.4, -0.2) is 43.7 Å². The van der Waals surface area contributed by atoms with Crippen molar-refractivity contribution in [1.29, 1.82) is 0 Å². The molecular formula is C16H20ClF3N2O2. The Balaban J connectivity index is 0.00000208. The summed E-state index contributed by atoms with van der Waals surface area (Å²) in [5.41, 5.74) is 2.06. The van der Waals surface area contributed by atoms with Gasteiger partial charge in [-0.15, -0.1) is 12.4 Å². The minimum Gasteiger partial charge on any atom is -0.497 e. The molecule has 4 nitrogen and oxygen atoms in total. The lowest BCUT2D eigenvalue weighted by Crippen LogP contribution is -2.44. The second kappa shape index (κ2) is 7.19. The Hall–Kier alpha value is -1.47. The van der Waals surface area contributed by atoms with Crippen molar-refractivity contribution in [3.63, 3.8) is 0 Å². The number of rotatable bonds is 2. The highest BCUT2D eigenvalue weighted by Crippen LogP contribution is 2.36. The minimum absolute atomic E-state index is 0. The van der Waals surface area contributed by atoms with Crippen molar-refractivity contribution >= 4 is 18.3 Å². The second-order valence-corrected chi connectivity index (χ2v) is 6.06. The van der Waals surface area contributed by atoms with E-state index in [0.29, 0.717) is 25.3 Å². The molecule has 0 spiro atoms. The number of alkyl halides is 3. The smallest absolute Gasteiger partial charge is 0.393 e. The zero-order valence-electron chi connectivity index (χ0n) is 13.2. The van der Waals surface area contributed by atoms with Crippen molar-refractivity contribution in [2.24, 2.45) is 11.8 Å². The highest BCUT2D eigenvalue weighted by molar-refractivity contribution is 5.85. The fourth-order valence-corrected chi connectivity index (χ4v) is 3.37. The zero-order chi connectivity index (χ0) is 16.6. The first-order chi connectivity index (χ1) is 10.9. The van der Waals surface area contributed by atoms with Crippen LogP contribution < -0.4 is 10.1 Å². The molecule has 1 aromatic rings. The number of nitrogens with zero attached hydrogens (tertiary/aromatic N) is 1. The van der Waals surface area contributed by atoms with Gasteiger partial charge >= 0.3 is 6.18 Å². The van der Waals surface area contributed by atoms with E-state index >= 15 is 0 Å². The summed E-state index contributed by atoms with van der Waals surface area (Å²) in [6.45, 7) is 0.703. The van der Waals surface area contributed by atoms with Crippen molar-refractivity contribution < 1.29 is 22.7 Å². The number of nitrogens with one attached hydrogen (secondary N) is 1. The van der Waals surface area contributed by atoms with Crippen molar-refractivity contribution in [2.75, 3.05) is 26.7 Å². The topological polar surface area (TPSA) is 41.6 Å². The summed E-state index contributed by atoms with van der Waals surface area (Å²) in [7, 11) is 1.56. The summed E-state index contributed by atoms with van der Waals surface area (Å²) in [5.74, 6) is -2.34. The Morgan fingerprint density at radius 2 is 2.04 bits per heavy atom. The van der Waals surface area contributed by atoms with Crippen LogP contribution in [0.25, 0.3) is 0 Å². The molecule has 2 heterocycles. The maximum Gasteiger partial charge on any atom is 0.393 e. The third kappa shape index (κ3) is 3.62. The Morgan fingerprint density at radius 3 is 2.71 bits per heavy atom. The average Bonchev–Trinajstić information content (AvgIpc) is 3.03. The molecule has 24 heavy (non-hydrogen) atoms. The quantitative estimate of drug-likeness (QED) is 0.876. The molecule has 2 aliphatic rings. The molecule has 0 unspecified atom stereocenters. The van der Waals surface area contributed by atoms with Crippen LogP contribution in [0.5, 0.6) is 5.75 Å². The number of methoxy groups -OCH3 is 1. The number of hydrogen-bond donors (Lipinski definition) is 1. The van der Waals surface area contributed by atoms with Crippen LogP contribution in [0.1, 0.15) is 11.1 Å². The monoisotopic (exact) mass is 364 g/mol. The highest BCUT2D eigenvalue weighted by atomic mass is 35.5. The third-order valence-electron chi connectivity index (χ3n) is 4.69. The molecule has 0 aromatic heterocycles. The fourth-order valence-electron chi connectivity index (χ4n) is 3.37. The van der Waals surface area contributed by atoms with Gasteiger partial charge in [0.2, 0.25) is 5.91 Å². The van der Waals surface area contributed by atoms with Gasteiger partial charge in [-0.25, -0.2) is 0 Å². The SMILES string of the molecule is COc1ccc2c(c1)CN(C(=O)[C@@H]1CNC[C@H]1C(F)(F)F)CC2.Cl. The largest absolute Gasteiger partial charge is 0.497 e. The first-order valence-corrected chi connectivity index (χ1v) is 7.62. The van der Waals surface area contributed by atoms with Gasteiger partial charge in [-0.3, -0.25) is 4.79 Å². The molecule has 1 aromatic carbocycles. The van der Waals surface area contributed by atoms with E-state index < -0.39 is 23.9 Å². The standard InChI is InChI=1S/C16H19F3N2O2.ClH/c1-23-12-3-2-10-4-5-21(9-11(10)6-12)15(22)13-7-20-8-14(13)16(17,18)19;/h2-3,6,13-14,20H,4-5,7-9H2,1H3;1H/t13-,14-;/m1./s1. The van der Waals surface area contributed by atoms with Crippen molar-refractivity contribution in [3.05, 3.63) is 29.3 Å². The zero-order valence-corrected chi connectivity index (χ0v) is 14.0. The molecule has 1 N–H and O–H groups in total. The van der Waals surface area contributed by atoms with E-state index in [4.69, 9.17) is 4.74 Å². The predicted molar refractivity (Wildman–Crippen MR) is 85.3 cm³/mol. The summed E-state index contributed by atoms with van der Waals surface area (Å²) in [4.78, 5) is 14.1. The number of amides is 1. The Labute approximate surface area is 144 Å². The summed E-state index contributed by atoms with van der Waals surface area (Å²) in [5, 5.41) is 2.70. The molecule has 0 bridgehead atoms. The van der Waals surface area contributed by atoms with Gasteiger partial charge in [-0.2, -0.15) is 13.2 Å². The molecule has 0 aliphatic carbocycles. The molecule has 1 fully saturated rings. The van der Waals surface area contributed by atoms with Crippen molar-refractivity contribution in [2.45, 2.75) is 19.1 Å². The molecule has 1 saturated heterocycles. The molecule has 3 rings (SSSR count). The van der Waals surface area contributed by atoms with E-state index in [1.54, 1.807) is 7.11 Å². The van der Waals surface area contributed by atoms with Crippen LogP contribution >= 0.6 is 12.4 Å². The first-order valence-electron chi connectivity index (χ1n) is 7.62. The van der Waals surface area contributed by atoms with E-state index in [9.17, 15) is 18.0 Å². The normalized spacial score (nSPS) is 23.4. The van der Waals surface area contributed by atoms with E-state index in [0.717, 1.165) is 11.1 Å². The average molecular weight is 365 g/mol. The Bertz CT molecular complexity index is 609. The van der Waals surface area contributed by atoms with Gasteiger partial charge in [0.15, 0.2) is 0 Å². The Morgan fingerprint density at radius 1 is 1.29 bits per heavy atom. The number of benzene rings is 1.